The first-order chi connectivity index (χ1) is 12.1. The first-order valence-corrected chi connectivity index (χ1v) is 8.78. The van der Waals surface area contributed by atoms with Crippen LogP contribution in [-0.2, 0) is 4.74 Å². The van der Waals surface area contributed by atoms with Crippen molar-refractivity contribution in [1.82, 2.24) is 5.32 Å². The maximum absolute atomic E-state index is 11.4. The van der Waals surface area contributed by atoms with Crippen molar-refractivity contribution in [3.05, 3.63) is 30.0 Å². The number of methoxy groups -OCH3 is 1. The van der Waals surface area contributed by atoms with Gasteiger partial charge in [-0.3, -0.25) is 5.32 Å². The van der Waals surface area contributed by atoms with Gasteiger partial charge >= 0.3 is 6.09 Å². The molecule has 0 aliphatic carbocycles. The Kier molecular flexibility index (Phi) is 7.40. The molecule has 25 heavy (non-hydrogen) atoms. The van der Waals surface area contributed by atoms with E-state index < -0.39 is 6.09 Å². The fourth-order valence-corrected chi connectivity index (χ4v) is 2.80. The van der Waals surface area contributed by atoms with Gasteiger partial charge < -0.3 is 26.8 Å². The van der Waals surface area contributed by atoms with Gasteiger partial charge in [-0.25, -0.2) is 4.79 Å². The molecule has 7 nitrogen and oxygen atoms in total. The van der Waals surface area contributed by atoms with Gasteiger partial charge in [0.25, 0.3) is 0 Å². The fourth-order valence-electron chi connectivity index (χ4n) is 2.80. The Balaban J connectivity index is 2.20. The third kappa shape index (κ3) is 6.19. The molecule has 7 N–H and O–H groups in total. The van der Waals surface area contributed by atoms with Gasteiger partial charge in [-0.05, 0) is 31.0 Å². The average molecular weight is 347 g/mol. The number of nitrogens with two attached hydrogens (primary N) is 2. The Labute approximate surface area is 149 Å². The maximum Gasteiger partial charge on any atom is 0.411 e. The van der Waals surface area contributed by atoms with Crippen LogP contribution in [0.1, 0.15) is 37.7 Å². The minimum atomic E-state index is -0.500. The molecule has 1 atom stereocenters. The quantitative estimate of drug-likeness (QED) is 0.533. The first kappa shape index (κ1) is 18.9. The van der Waals surface area contributed by atoms with Gasteiger partial charge in [-0.2, -0.15) is 0 Å². The minimum Gasteiger partial charge on any atom is -0.453 e. The van der Waals surface area contributed by atoms with E-state index in [1.54, 1.807) is 12.3 Å². The van der Waals surface area contributed by atoms with Crippen molar-refractivity contribution in [3.63, 3.8) is 0 Å². The zero-order chi connectivity index (χ0) is 18.1. The summed E-state index contributed by atoms with van der Waals surface area (Å²) in [6.45, 7) is 1.55. The molecule has 0 aromatic heterocycles. The summed E-state index contributed by atoms with van der Waals surface area (Å²) in [5, 5.41) is 9.30. The fraction of sp³-hybridized carbons (Fsp3) is 0.500. The van der Waals surface area contributed by atoms with Crippen molar-refractivity contribution in [2.75, 3.05) is 30.8 Å². The number of benzene rings is 1. The summed E-state index contributed by atoms with van der Waals surface area (Å²) in [6.07, 6.45) is 6.88. The second kappa shape index (κ2) is 9.78. The van der Waals surface area contributed by atoms with Crippen LogP contribution >= 0.6 is 0 Å². The van der Waals surface area contributed by atoms with Crippen LogP contribution in [0.25, 0.3) is 5.70 Å². The number of hydrogen-bond acceptors (Lipinski definition) is 6. The topological polar surface area (TPSA) is 114 Å². The molecule has 1 aromatic carbocycles. The lowest BCUT2D eigenvalue weighted by Crippen LogP contribution is -2.31. The van der Waals surface area contributed by atoms with Crippen LogP contribution < -0.4 is 27.4 Å². The molecule has 0 spiro atoms. The van der Waals surface area contributed by atoms with Gasteiger partial charge in [0.15, 0.2) is 0 Å². The van der Waals surface area contributed by atoms with E-state index in [-0.39, 0.29) is 6.04 Å². The third-order valence-electron chi connectivity index (χ3n) is 4.22. The Morgan fingerprint density at radius 3 is 2.88 bits per heavy atom. The number of fused-ring (bicyclic) bond motifs is 1. The van der Waals surface area contributed by atoms with Gasteiger partial charge in [0, 0.05) is 42.3 Å². The highest BCUT2D eigenvalue weighted by atomic mass is 16.5. The lowest BCUT2D eigenvalue weighted by molar-refractivity contribution is 0.187. The molecule has 1 amide bonds. The van der Waals surface area contributed by atoms with E-state index in [1.807, 2.05) is 12.1 Å². The smallest absolute Gasteiger partial charge is 0.411 e. The van der Waals surface area contributed by atoms with Crippen LogP contribution in [0.15, 0.2) is 24.4 Å². The number of ether oxygens (including phenoxy) is 1. The van der Waals surface area contributed by atoms with Gasteiger partial charge in [-0.15, -0.1) is 0 Å². The predicted octanol–water partition coefficient (Wildman–Crippen LogP) is 2.41. The minimum absolute atomic E-state index is 0.135. The normalized spacial score (nSPS) is 21.4. The SMILES string of the molecule is COC(=O)Nc1ccc2c(c1)NCCCCCC[C@H](N)CN/C=C/2N. The zero-order valence-corrected chi connectivity index (χ0v) is 14.8. The number of carbonyl (C=O) groups excluding carboxylic acids is 1. The second-order valence-electron chi connectivity index (χ2n) is 6.27. The van der Waals surface area contributed by atoms with Crippen LogP contribution in [0.5, 0.6) is 0 Å². The molecule has 1 aliphatic heterocycles. The van der Waals surface area contributed by atoms with Crippen molar-refractivity contribution in [3.8, 4) is 0 Å². The van der Waals surface area contributed by atoms with Crippen LogP contribution in [0, 0.1) is 0 Å². The Morgan fingerprint density at radius 1 is 1.28 bits per heavy atom. The molecule has 0 saturated heterocycles. The molecule has 0 radical (unpaired) electrons. The van der Waals surface area contributed by atoms with Crippen molar-refractivity contribution in [2.45, 2.75) is 38.1 Å². The van der Waals surface area contributed by atoms with E-state index in [2.05, 4.69) is 20.7 Å². The highest BCUT2D eigenvalue weighted by Gasteiger charge is 2.10. The summed E-state index contributed by atoms with van der Waals surface area (Å²) >= 11 is 0. The van der Waals surface area contributed by atoms with Crippen molar-refractivity contribution < 1.29 is 9.53 Å². The highest BCUT2D eigenvalue weighted by molar-refractivity contribution is 5.87. The number of amides is 1. The summed E-state index contributed by atoms with van der Waals surface area (Å²) in [5.74, 6) is 0. The number of carbonyl (C=O) groups is 1. The molecular formula is C18H29N5O2. The van der Waals surface area contributed by atoms with Crippen LogP contribution in [0.2, 0.25) is 0 Å². The highest BCUT2D eigenvalue weighted by Crippen LogP contribution is 2.25. The zero-order valence-electron chi connectivity index (χ0n) is 14.8. The molecule has 7 heteroatoms. The number of anilines is 2. The van der Waals surface area contributed by atoms with E-state index in [1.165, 1.54) is 13.5 Å². The van der Waals surface area contributed by atoms with Crippen LogP contribution in [-0.4, -0.2) is 32.3 Å². The number of rotatable bonds is 1. The maximum atomic E-state index is 11.4. The first-order valence-electron chi connectivity index (χ1n) is 8.78. The summed E-state index contributed by atoms with van der Waals surface area (Å²) in [7, 11) is 1.34. The third-order valence-corrected chi connectivity index (χ3v) is 4.22. The Morgan fingerprint density at radius 2 is 2.08 bits per heavy atom. The summed E-state index contributed by atoms with van der Waals surface area (Å²) < 4.78 is 4.64. The summed E-state index contributed by atoms with van der Waals surface area (Å²) in [5.41, 5.74) is 15.4. The van der Waals surface area contributed by atoms with Crippen LogP contribution in [0.4, 0.5) is 16.2 Å². The van der Waals surface area contributed by atoms with E-state index in [4.69, 9.17) is 11.5 Å². The van der Waals surface area contributed by atoms with Crippen molar-refractivity contribution >= 4 is 23.2 Å². The standard InChI is InChI=1S/C18H29N5O2/c1-25-18(24)23-14-7-8-15-16(20)12-21-11-13(19)6-4-2-3-5-9-22-17(15)10-14/h7-8,10,12-13,21-22H,2-6,9,11,19-20H2,1H3,(H,23,24)/b16-12-/t13-/m0/s1. The monoisotopic (exact) mass is 347 g/mol. The lowest BCUT2D eigenvalue weighted by atomic mass is 10.1. The Bertz CT molecular complexity index is 603. The summed E-state index contributed by atoms with van der Waals surface area (Å²) in [6, 6.07) is 5.68. The molecule has 0 saturated carbocycles. The van der Waals surface area contributed by atoms with Crippen LogP contribution in [0.3, 0.4) is 0 Å². The number of hydrogen-bond donors (Lipinski definition) is 5. The van der Waals surface area contributed by atoms with E-state index >= 15 is 0 Å². The van der Waals surface area contributed by atoms with E-state index in [0.29, 0.717) is 17.9 Å². The van der Waals surface area contributed by atoms with Gasteiger partial charge in [-0.1, -0.05) is 19.3 Å². The predicted molar refractivity (Wildman–Crippen MR) is 102 cm³/mol. The largest absolute Gasteiger partial charge is 0.453 e. The molecule has 0 unspecified atom stereocenters. The summed E-state index contributed by atoms with van der Waals surface area (Å²) in [4.78, 5) is 11.4. The number of nitrogens with one attached hydrogen (secondary N) is 3. The molecular weight excluding hydrogens is 318 g/mol. The van der Waals surface area contributed by atoms with Crippen molar-refractivity contribution in [1.29, 1.82) is 0 Å². The van der Waals surface area contributed by atoms with E-state index in [9.17, 15) is 4.79 Å². The van der Waals surface area contributed by atoms with Gasteiger partial charge in [0.1, 0.15) is 0 Å². The lowest BCUT2D eigenvalue weighted by Gasteiger charge is -2.17. The molecule has 2 rings (SSSR count). The molecule has 1 aromatic rings. The van der Waals surface area contributed by atoms with Gasteiger partial charge in [0.05, 0.1) is 12.8 Å². The molecule has 1 aliphatic rings. The molecule has 0 fully saturated rings. The van der Waals surface area contributed by atoms with Crippen molar-refractivity contribution in [2.24, 2.45) is 11.5 Å². The Hall–Kier alpha value is -2.41. The average Bonchev–Trinajstić information content (AvgIpc) is 2.60. The molecule has 1 heterocycles. The van der Waals surface area contributed by atoms with Gasteiger partial charge in [0.2, 0.25) is 0 Å². The molecule has 0 bridgehead atoms. The van der Waals surface area contributed by atoms with E-state index in [0.717, 1.165) is 43.5 Å². The second-order valence-corrected chi connectivity index (χ2v) is 6.27. The molecule has 138 valence electrons.